The molecule has 4 rings (SSSR count). The van der Waals surface area contributed by atoms with Crippen LogP contribution in [0, 0.1) is 6.92 Å². The average Bonchev–Trinajstić information content (AvgIpc) is 3.24. The molecule has 2 aliphatic heterocycles. The van der Waals surface area contributed by atoms with Gasteiger partial charge in [0, 0.05) is 48.7 Å². The molecule has 218 valence electrons. The summed E-state index contributed by atoms with van der Waals surface area (Å²) < 4.78 is 69.8. The molecular formula is C24H29F6N3O5S. The van der Waals surface area contributed by atoms with Crippen molar-refractivity contribution in [3.05, 3.63) is 52.0 Å². The fourth-order valence-corrected chi connectivity index (χ4v) is 5.07. The number of hydrogen-bond donors (Lipinski definition) is 2. The van der Waals surface area contributed by atoms with Crippen molar-refractivity contribution in [1.29, 1.82) is 0 Å². The molecule has 4 heterocycles. The first kappa shape index (κ1) is 32.5. The van der Waals surface area contributed by atoms with E-state index in [1.807, 2.05) is 23.6 Å². The fourth-order valence-electron chi connectivity index (χ4n) is 4.14. The highest BCUT2D eigenvalue weighted by Crippen LogP contribution is 2.31. The Bertz CT molecular complexity index is 1040. The normalized spacial score (nSPS) is 20.4. The fraction of sp³-hybridized carbons (Fsp3) is 0.542. The lowest BCUT2D eigenvalue weighted by atomic mass is 9.90. The number of thiophene rings is 1. The van der Waals surface area contributed by atoms with Crippen molar-refractivity contribution < 1.29 is 50.9 Å². The van der Waals surface area contributed by atoms with Crippen molar-refractivity contribution in [2.45, 2.75) is 50.8 Å². The van der Waals surface area contributed by atoms with E-state index in [2.05, 4.69) is 46.0 Å². The molecule has 0 bridgehead atoms. The van der Waals surface area contributed by atoms with Gasteiger partial charge in [-0.25, -0.2) is 9.59 Å². The molecule has 0 radical (unpaired) electrons. The van der Waals surface area contributed by atoms with Gasteiger partial charge in [0.1, 0.15) is 0 Å². The molecule has 8 nitrogen and oxygen atoms in total. The number of piperidine rings is 1. The van der Waals surface area contributed by atoms with Crippen molar-refractivity contribution in [1.82, 2.24) is 14.8 Å². The quantitative estimate of drug-likeness (QED) is 0.503. The number of halogens is 6. The summed E-state index contributed by atoms with van der Waals surface area (Å²) in [6, 6.07) is 10.7. The van der Waals surface area contributed by atoms with Crippen LogP contribution in [0.15, 0.2) is 36.5 Å². The smallest absolute Gasteiger partial charge is 0.475 e. The number of likely N-dealkylation sites (tertiary alicyclic amines) is 1. The lowest BCUT2D eigenvalue weighted by Crippen LogP contribution is -2.59. The van der Waals surface area contributed by atoms with Gasteiger partial charge in [0.05, 0.1) is 17.9 Å². The Kier molecular flexibility index (Phi) is 11.7. The minimum atomic E-state index is -5.08. The zero-order valence-corrected chi connectivity index (χ0v) is 21.8. The maximum absolute atomic E-state index is 10.6. The molecule has 2 saturated heterocycles. The minimum Gasteiger partial charge on any atom is -0.475 e. The number of ether oxygens (including phenoxy) is 1. The van der Waals surface area contributed by atoms with Crippen LogP contribution < -0.4 is 0 Å². The second-order valence-corrected chi connectivity index (χ2v) is 10.4. The molecule has 2 fully saturated rings. The first-order valence-corrected chi connectivity index (χ1v) is 12.6. The van der Waals surface area contributed by atoms with Crippen molar-refractivity contribution in [3.8, 4) is 0 Å². The summed E-state index contributed by atoms with van der Waals surface area (Å²) in [6.07, 6.45) is -5.90. The Hall–Kier alpha value is -2.75. The first-order chi connectivity index (χ1) is 18.1. The zero-order valence-electron chi connectivity index (χ0n) is 21.0. The van der Waals surface area contributed by atoms with Crippen LogP contribution in [0.3, 0.4) is 0 Å². The Balaban J connectivity index is 0.000000317. The van der Waals surface area contributed by atoms with Gasteiger partial charge in [0.25, 0.3) is 0 Å². The van der Waals surface area contributed by atoms with E-state index in [4.69, 9.17) is 24.5 Å². The van der Waals surface area contributed by atoms with Gasteiger partial charge >= 0.3 is 24.3 Å². The molecule has 15 heteroatoms. The number of hydrogen-bond acceptors (Lipinski definition) is 7. The van der Waals surface area contributed by atoms with Crippen LogP contribution in [0.2, 0.25) is 0 Å². The molecule has 2 aromatic rings. The minimum absolute atomic E-state index is 0.00240. The third kappa shape index (κ3) is 11.5. The van der Waals surface area contributed by atoms with E-state index in [0.717, 1.165) is 51.6 Å². The molecule has 0 amide bonds. The molecule has 1 spiro atoms. The van der Waals surface area contributed by atoms with E-state index in [9.17, 15) is 26.3 Å². The predicted molar refractivity (Wildman–Crippen MR) is 129 cm³/mol. The summed E-state index contributed by atoms with van der Waals surface area (Å²) in [4.78, 5) is 30.2. The first-order valence-electron chi connectivity index (χ1n) is 11.7. The van der Waals surface area contributed by atoms with Gasteiger partial charge in [0.2, 0.25) is 0 Å². The van der Waals surface area contributed by atoms with Crippen LogP contribution in [0.1, 0.15) is 28.3 Å². The van der Waals surface area contributed by atoms with Crippen molar-refractivity contribution in [2.75, 3.05) is 32.8 Å². The van der Waals surface area contributed by atoms with E-state index in [1.165, 1.54) is 22.6 Å². The highest BCUT2D eigenvalue weighted by molar-refractivity contribution is 7.11. The maximum atomic E-state index is 10.6. The second-order valence-electron chi connectivity index (χ2n) is 9.00. The topological polar surface area (TPSA) is 103 Å². The lowest BCUT2D eigenvalue weighted by Gasteiger charge is -2.48. The van der Waals surface area contributed by atoms with Gasteiger partial charge in [-0.15, -0.1) is 11.3 Å². The van der Waals surface area contributed by atoms with Crippen molar-refractivity contribution >= 4 is 23.3 Å². The van der Waals surface area contributed by atoms with Gasteiger partial charge in [0.15, 0.2) is 0 Å². The molecule has 2 N–H and O–H groups in total. The number of alkyl halides is 6. The predicted octanol–water partition coefficient (Wildman–Crippen LogP) is 4.59. The van der Waals surface area contributed by atoms with E-state index >= 15 is 0 Å². The molecule has 39 heavy (non-hydrogen) atoms. The van der Waals surface area contributed by atoms with E-state index in [-0.39, 0.29) is 5.60 Å². The van der Waals surface area contributed by atoms with Crippen molar-refractivity contribution in [2.24, 2.45) is 0 Å². The number of rotatable bonds is 4. The van der Waals surface area contributed by atoms with Gasteiger partial charge < -0.3 is 14.9 Å². The number of aryl methyl sites for hydroxylation is 1. The van der Waals surface area contributed by atoms with Crippen LogP contribution in [0.5, 0.6) is 0 Å². The SMILES string of the molecule is Cc1ccc(CN2CCOC3(CCCN(Cc4ccccn4)C3)C2)s1.O=C(O)C(F)(F)F.O=C(O)C(F)(F)F. The Morgan fingerprint density at radius 2 is 1.56 bits per heavy atom. The Morgan fingerprint density at radius 1 is 0.974 bits per heavy atom. The lowest BCUT2D eigenvalue weighted by molar-refractivity contribution is -0.193. The summed E-state index contributed by atoms with van der Waals surface area (Å²) in [5.74, 6) is -5.51. The van der Waals surface area contributed by atoms with Crippen LogP contribution in [0.4, 0.5) is 26.3 Å². The highest BCUT2D eigenvalue weighted by Gasteiger charge is 2.41. The molecule has 2 aromatic heterocycles. The van der Waals surface area contributed by atoms with Crippen LogP contribution in [0.25, 0.3) is 0 Å². The second kappa shape index (κ2) is 14.1. The highest BCUT2D eigenvalue weighted by atomic mass is 32.1. The third-order valence-corrected chi connectivity index (χ3v) is 6.70. The van der Waals surface area contributed by atoms with E-state index < -0.39 is 24.3 Å². The number of morpholine rings is 1. The standard InChI is InChI=1S/C20H27N3OS.2C2HF3O2/c1-17-6-7-19(25-17)14-23-11-12-24-20(16-23)8-4-10-22(15-20)13-18-5-2-3-9-21-18;2*3-2(4,5)1(6)7/h2-3,5-7,9H,4,8,10-16H2,1H3;2*(H,6,7). The number of carboxylic acids is 2. The number of carboxylic acid groups (broad SMARTS) is 2. The molecule has 1 atom stereocenters. The zero-order chi connectivity index (χ0) is 29.3. The maximum Gasteiger partial charge on any atom is 0.490 e. The van der Waals surface area contributed by atoms with E-state index in [1.54, 1.807) is 0 Å². The summed E-state index contributed by atoms with van der Waals surface area (Å²) >= 11 is 1.92. The number of aliphatic carboxylic acids is 2. The van der Waals surface area contributed by atoms with Crippen LogP contribution in [-0.4, -0.2) is 87.7 Å². The molecule has 0 aromatic carbocycles. The summed E-state index contributed by atoms with van der Waals surface area (Å²) in [5.41, 5.74) is 1.15. The third-order valence-electron chi connectivity index (χ3n) is 5.72. The molecule has 2 aliphatic rings. The number of aromatic nitrogens is 1. The summed E-state index contributed by atoms with van der Waals surface area (Å²) in [5, 5.41) is 14.2. The largest absolute Gasteiger partial charge is 0.490 e. The molecule has 1 unspecified atom stereocenters. The number of pyridine rings is 1. The van der Waals surface area contributed by atoms with Crippen LogP contribution >= 0.6 is 11.3 Å². The van der Waals surface area contributed by atoms with Gasteiger partial charge in [-0.05, 0) is 50.6 Å². The van der Waals surface area contributed by atoms with Crippen molar-refractivity contribution in [3.63, 3.8) is 0 Å². The molecular weight excluding hydrogens is 556 g/mol. The Labute approximate surface area is 224 Å². The average molecular weight is 586 g/mol. The number of nitrogens with zero attached hydrogens (tertiary/aromatic N) is 3. The van der Waals surface area contributed by atoms with E-state index in [0.29, 0.717) is 0 Å². The monoisotopic (exact) mass is 585 g/mol. The van der Waals surface area contributed by atoms with Gasteiger partial charge in [-0.3, -0.25) is 14.8 Å². The van der Waals surface area contributed by atoms with Gasteiger partial charge in [-0.1, -0.05) is 6.07 Å². The van der Waals surface area contributed by atoms with Crippen LogP contribution in [-0.2, 0) is 27.4 Å². The molecule has 0 saturated carbocycles. The Morgan fingerprint density at radius 3 is 2.05 bits per heavy atom. The molecule has 0 aliphatic carbocycles. The summed E-state index contributed by atoms with van der Waals surface area (Å²) in [7, 11) is 0. The number of carbonyl (C=O) groups is 2. The van der Waals surface area contributed by atoms with Gasteiger partial charge in [-0.2, -0.15) is 26.3 Å². The summed E-state index contributed by atoms with van der Waals surface area (Å²) in [6.45, 7) is 9.27.